The van der Waals surface area contributed by atoms with Gasteiger partial charge in [-0.15, -0.1) is 0 Å². The second kappa shape index (κ2) is 7.92. The van der Waals surface area contributed by atoms with Crippen molar-refractivity contribution in [3.63, 3.8) is 0 Å². The summed E-state index contributed by atoms with van der Waals surface area (Å²) in [5.74, 6) is -1.11. The Bertz CT molecular complexity index is 948. The molecule has 0 aliphatic carbocycles. The lowest BCUT2D eigenvalue weighted by atomic mass is 9.75. The molecule has 1 aliphatic rings. The van der Waals surface area contributed by atoms with Gasteiger partial charge in [0.25, 0.3) is 5.69 Å². The van der Waals surface area contributed by atoms with Crippen molar-refractivity contribution in [3.8, 4) is 0 Å². The Hall–Kier alpha value is -3.03. The van der Waals surface area contributed by atoms with Crippen LogP contribution in [0.25, 0.3) is 0 Å². The van der Waals surface area contributed by atoms with Crippen LogP contribution >= 0.6 is 0 Å². The number of aromatic nitrogens is 2. The van der Waals surface area contributed by atoms with Gasteiger partial charge in [0.15, 0.2) is 5.82 Å². The summed E-state index contributed by atoms with van der Waals surface area (Å²) in [5, 5.41) is 16.3. The summed E-state index contributed by atoms with van der Waals surface area (Å²) in [6, 6.07) is 6.55. The van der Waals surface area contributed by atoms with E-state index in [-0.39, 0.29) is 5.69 Å². The van der Waals surface area contributed by atoms with E-state index in [1.54, 1.807) is 36.9 Å². The molecular weight excluding hydrogens is 360 g/mol. The molecule has 8 nitrogen and oxygen atoms in total. The van der Waals surface area contributed by atoms with Crippen LogP contribution in [-0.4, -0.2) is 33.5 Å². The average Bonchev–Trinajstić information content (AvgIpc) is 2.99. The number of aliphatic imine (C=N–C) groups is 1. The maximum atomic E-state index is 12.7. The number of benzene rings is 1. The summed E-state index contributed by atoms with van der Waals surface area (Å²) in [5.41, 5.74) is 2.63. The molecule has 2 aromatic rings. The number of rotatable bonds is 6. The fourth-order valence-corrected chi connectivity index (χ4v) is 3.90. The van der Waals surface area contributed by atoms with Crippen molar-refractivity contribution in [2.45, 2.75) is 39.0 Å². The average molecular weight is 384 g/mol. The zero-order chi connectivity index (χ0) is 20.4. The summed E-state index contributed by atoms with van der Waals surface area (Å²) in [6.07, 6.45) is 2.64. The number of carbonyl (C=O) groups is 1. The first kappa shape index (κ1) is 19.7. The van der Waals surface area contributed by atoms with Crippen LogP contribution in [0.15, 0.2) is 29.3 Å². The SMILES string of the molecule is CCCCc1nn(C)c2c1C(c1ccccc1[N+](=O)[O-])C(C(=O)OC)C(C)=N2. The minimum Gasteiger partial charge on any atom is -0.468 e. The molecule has 0 saturated carbocycles. The van der Waals surface area contributed by atoms with Gasteiger partial charge in [-0.05, 0) is 19.8 Å². The molecule has 28 heavy (non-hydrogen) atoms. The topological polar surface area (TPSA) is 99.6 Å². The molecule has 1 aromatic heterocycles. The third-order valence-corrected chi connectivity index (χ3v) is 5.20. The number of carbonyl (C=O) groups excluding carboxylic acids is 1. The molecule has 3 rings (SSSR count). The first-order valence-electron chi connectivity index (χ1n) is 9.32. The first-order valence-corrected chi connectivity index (χ1v) is 9.32. The third kappa shape index (κ3) is 3.30. The molecule has 2 unspecified atom stereocenters. The molecule has 0 spiro atoms. The van der Waals surface area contributed by atoms with Crippen molar-refractivity contribution in [1.29, 1.82) is 0 Å². The van der Waals surface area contributed by atoms with E-state index < -0.39 is 22.7 Å². The van der Waals surface area contributed by atoms with Crippen molar-refractivity contribution in [1.82, 2.24) is 9.78 Å². The van der Waals surface area contributed by atoms with Gasteiger partial charge in [0.05, 0.1) is 17.7 Å². The highest BCUT2D eigenvalue weighted by Gasteiger charge is 2.43. The lowest BCUT2D eigenvalue weighted by molar-refractivity contribution is -0.385. The number of para-hydroxylation sites is 1. The Balaban J connectivity index is 2.30. The number of esters is 1. The van der Waals surface area contributed by atoms with Crippen molar-refractivity contribution >= 4 is 23.2 Å². The fourth-order valence-electron chi connectivity index (χ4n) is 3.90. The van der Waals surface area contributed by atoms with E-state index in [0.29, 0.717) is 17.1 Å². The van der Waals surface area contributed by atoms with Crippen molar-refractivity contribution in [2.75, 3.05) is 7.11 Å². The highest BCUT2D eigenvalue weighted by Crippen LogP contribution is 2.47. The van der Waals surface area contributed by atoms with E-state index in [2.05, 4.69) is 17.0 Å². The Morgan fingerprint density at radius 3 is 2.71 bits per heavy atom. The normalized spacial score (nSPS) is 18.4. The molecule has 0 fully saturated rings. The predicted octanol–water partition coefficient (Wildman–Crippen LogP) is 3.70. The van der Waals surface area contributed by atoms with Gasteiger partial charge in [0.2, 0.25) is 0 Å². The summed E-state index contributed by atoms with van der Waals surface area (Å²) < 4.78 is 6.73. The summed E-state index contributed by atoms with van der Waals surface area (Å²) >= 11 is 0. The van der Waals surface area contributed by atoms with E-state index in [1.165, 1.54) is 13.2 Å². The number of fused-ring (bicyclic) bond motifs is 1. The fraction of sp³-hybridized carbons (Fsp3) is 0.450. The van der Waals surface area contributed by atoms with Gasteiger partial charge >= 0.3 is 5.97 Å². The number of hydrogen-bond donors (Lipinski definition) is 0. The molecule has 148 valence electrons. The van der Waals surface area contributed by atoms with Gasteiger partial charge < -0.3 is 4.74 Å². The van der Waals surface area contributed by atoms with E-state index in [1.807, 2.05) is 0 Å². The van der Waals surface area contributed by atoms with Gasteiger partial charge in [-0.2, -0.15) is 5.10 Å². The third-order valence-electron chi connectivity index (χ3n) is 5.20. The molecule has 2 atom stereocenters. The Morgan fingerprint density at radius 1 is 1.36 bits per heavy atom. The van der Waals surface area contributed by atoms with Crippen LogP contribution in [0.2, 0.25) is 0 Å². The molecule has 1 aromatic carbocycles. The van der Waals surface area contributed by atoms with Crippen LogP contribution in [-0.2, 0) is 23.0 Å². The maximum absolute atomic E-state index is 12.7. The van der Waals surface area contributed by atoms with E-state index in [0.717, 1.165) is 30.5 Å². The first-order chi connectivity index (χ1) is 13.4. The summed E-state index contributed by atoms with van der Waals surface area (Å²) in [7, 11) is 3.13. The molecule has 8 heteroatoms. The molecule has 1 aliphatic heterocycles. The Labute approximate surface area is 163 Å². The maximum Gasteiger partial charge on any atom is 0.315 e. The number of hydrogen-bond acceptors (Lipinski definition) is 6. The predicted molar refractivity (Wildman–Crippen MR) is 105 cm³/mol. The molecular formula is C20H24N4O4. The largest absolute Gasteiger partial charge is 0.468 e. The van der Waals surface area contributed by atoms with Crippen molar-refractivity contribution in [2.24, 2.45) is 18.0 Å². The second-order valence-corrected chi connectivity index (χ2v) is 6.96. The number of methoxy groups -OCH3 is 1. The van der Waals surface area contributed by atoms with Crippen LogP contribution in [0.4, 0.5) is 11.5 Å². The van der Waals surface area contributed by atoms with Crippen LogP contribution in [0.5, 0.6) is 0 Å². The van der Waals surface area contributed by atoms with Crippen molar-refractivity contribution < 1.29 is 14.5 Å². The van der Waals surface area contributed by atoms with Crippen LogP contribution in [0.1, 0.15) is 49.4 Å². The van der Waals surface area contributed by atoms with Gasteiger partial charge in [-0.25, -0.2) is 4.99 Å². The van der Waals surface area contributed by atoms with Crippen LogP contribution < -0.4 is 0 Å². The summed E-state index contributed by atoms with van der Waals surface area (Å²) in [6.45, 7) is 3.85. The number of nitrogens with zero attached hydrogens (tertiary/aromatic N) is 4. The number of nitro benzene ring substituents is 1. The quantitative estimate of drug-likeness (QED) is 0.429. The highest BCUT2D eigenvalue weighted by atomic mass is 16.6. The monoisotopic (exact) mass is 384 g/mol. The molecule has 0 amide bonds. The molecule has 0 radical (unpaired) electrons. The van der Waals surface area contributed by atoms with Crippen LogP contribution in [0.3, 0.4) is 0 Å². The standard InChI is InChI=1S/C20H24N4O4/c1-5-6-10-14-18-17(13-9-7-8-11-15(13)24(26)27)16(20(25)28-4)12(2)21-19(18)23(3)22-14/h7-9,11,16-17H,5-6,10H2,1-4H3. The van der Waals surface area contributed by atoms with Gasteiger partial charge in [-0.3, -0.25) is 19.6 Å². The van der Waals surface area contributed by atoms with Crippen LogP contribution in [0, 0.1) is 16.0 Å². The lowest BCUT2D eigenvalue weighted by Gasteiger charge is -2.29. The van der Waals surface area contributed by atoms with E-state index in [9.17, 15) is 14.9 Å². The van der Waals surface area contributed by atoms with E-state index >= 15 is 0 Å². The zero-order valence-corrected chi connectivity index (χ0v) is 16.5. The Morgan fingerprint density at radius 2 is 2.07 bits per heavy atom. The second-order valence-electron chi connectivity index (χ2n) is 6.96. The minimum atomic E-state index is -0.733. The molecule has 0 saturated heterocycles. The Kier molecular flexibility index (Phi) is 5.58. The zero-order valence-electron chi connectivity index (χ0n) is 16.5. The number of unbranched alkanes of at least 4 members (excludes halogenated alkanes) is 1. The number of ether oxygens (including phenoxy) is 1. The van der Waals surface area contributed by atoms with Gasteiger partial charge in [-0.1, -0.05) is 31.5 Å². The highest BCUT2D eigenvalue weighted by molar-refractivity contribution is 6.05. The minimum absolute atomic E-state index is 0.0210. The van der Waals surface area contributed by atoms with Crippen molar-refractivity contribution in [3.05, 3.63) is 51.2 Å². The number of nitro groups is 1. The van der Waals surface area contributed by atoms with Gasteiger partial charge in [0, 0.05) is 35.9 Å². The number of aryl methyl sites for hydroxylation is 2. The lowest BCUT2D eigenvalue weighted by Crippen LogP contribution is -2.33. The molecule has 0 bridgehead atoms. The molecule has 2 heterocycles. The van der Waals surface area contributed by atoms with E-state index in [4.69, 9.17) is 4.74 Å². The smallest absolute Gasteiger partial charge is 0.315 e. The molecule has 0 N–H and O–H groups in total. The van der Waals surface area contributed by atoms with Gasteiger partial charge in [0.1, 0.15) is 5.92 Å². The summed E-state index contributed by atoms with van der Waals surface area (Å²) in [4.78, 5) is 28.6.